The largest absolute Gasteiger partial charge is 0.462 e. The van der Waals surface area contributed by atoms with Gasteiger partial charge in [0.05, 0.1) is 12.2 Å². The zero-order chi connectivity index (χ0) is 14.4. The van der Waals surface area contributed by atoms with Crippen molar-refractivity contribution < 1.29 is 9.53 Å². The first-order valence-electron chi connectivity index (χ1n) is 5.99. The summed E-state index contributed by atoms with van der Waals surface area (Å²) in [6, 6.07) is 10.3. The minimum atomic E-state index is -0.378. The number of hydrogen-bond acceptors (Lipinski definition) is 6. The van der Waals surface area contributed by atoms with E-state index in [1.807, 2.05) is 6.07 Å². The summed E-state index contributed by atoms with van der Waals surface area (Å²) in [6.45, 7) is 2.08. The van der Waals surface area contributed by atoms with E-state index in [-0.39, 0.29) is 11.7 Å². The van der Waals surface area contributed by atoms with Crippen molar-refractivity contribution in [3.05, 3.63) is 47.9 Å². The van der Waals surface area contributed by atoms with Crippen molar-refractivity contribution in [1.29, 1.82) is 5.26 Å². The predicted molar refractivity (Wildman–Crippen MR) is 72.4 cm³/mol. The number of ether oxygens (including phenoxy) is 1. The van der Waals surface area contributed by atoms with E-state index in [1.165, 1.54) is 12.4 Å². The van der Waals surface area contributed by atoms with Crippen molar-refractivity contribution in [2.75, 3.05) is 11.9 Å². The molecule has 0 aliphatic heterocycles. The quantitative estimate of drug-likeness (QED) is 0.856. The molecule has 0 aliphatic rings. The van der Waals surface area contributed by atoms with E-state index in [1.54, 1.807) is 31.2 Å². The fourth-order valence-electron chi connectivity index (χ4n) is 1.57. The van der Waals surface area contributed by atoms with Crippen LogP contribution in [-0.2, 0) is 4.74 Å². The SMILES string of the molecule is CCOC(=O)c1cccc(Nc2cc(C#N)ncn2)c1. The van der Waals surface area contributed by atoms with Crippen molar-refractivity contribution in [1.82, 2.24) is 9.97 Å². The van der Waals surface area contributed by atoms with E-state index in [0.29, 0.717) is 23.7 Å². The zero-order valence-corrected chi connectivity index (χ0v) is 10.8. The molecule has 6 nitrogen and oxygen atoms in total. The van der Waals surface area contributed by atoms with E-state index in [2.05, 4.69) is 15.3 Å². The van der Waals surface area contributed by atoms with Crippen LogP contribution in [0.3, 0.4) is 0 Å². The molecule has 0 fully saturated rings. The monoisotopic (exact) mass is 268 g/mol. The molecule has 100 valence electrons. The first-order valence-corrected chi connectivity index (χ1v) is 5.99. The van der Waals surface area contributed by atoms with Crippen LogP contribution in [0.2, 0.25) is 0 Å². The van der Waals surface area contributed by atoms with Crippen LogP contribution >= 0.6 is 0 Å². The Morgan fingerprint density at radius 1 is 1.40 bits per heavy atom. The summed E-state index contributed by atoms with van der Waals surface area (Å²) in [5, 5.41) is 11.8. The molecular weight excluding hydrogens is 256 g/mol. The lowest BCUT2D eigenvalue weighted by molar-refractivity contribution is 0.0526. The van der Waals surface area contributed by atoms with Crippen molar-refractivity contribution in [2.45, 2.75) is 6.92 Å². The normalized spacial score (nSPS) is 9.60. The lowest BCUT2D eigenvalue weighted by atomic mass is 10.2. The molecule has 0 amide bonds. The van der Waals surface area contributed by atoms with E-state index in [0.717, 1.165) is 0 Å². The molecule has 0 atom stereocenters. The van der Waals surface area contributed by atoms with Crippen LogP contribution < -0.4 is 5.32 Å². The summed E-state index contributed by atoms with van der Waals surface area (Å²) in [6.07, 6.45) is 1.30. The summed E-state index contributed by atoms with van der Waals surface area (Å²) < 4.78 is 4.93. The van der Waals surface area contributed by atoms with Crippen LogP contribution in [0.1, 0.15) is 23.0 Å². The Morgan fingerprint density at radius 3 is 3.00 bits per heavy atom. The second-order valence-electron chi connectivity index (χ2n) is 3.83. The highest BCUT2D eigenvalue weighted by molar-refractivity contribution is 5.90. The number of carbonyl (C=O) groups excluding carboxylic acids is 1. The molecule has 1 aromatic carbocycles. The molecule has 0 spiro atoms. The Bertz CT molecular complexity index is 664. The van der Waals surface area contributed by atoms with E-state index >= 15 is 0 Å². The minimum absolute atomic E-state index is 0.268. The second-order valence-corrected chi connectivity index (χ2v) is 3.83. The standard InChI is InChI=1S/C14H12N4O2/c1-2-20-14(19)10-4-3-5-11(6-10)18-13-7-12(8-15)16-9-17-13/h3-7,9H,2H2,1H3,(H,16,17,18). The topological polar surface area (TPSA) is 87.9 Å². The van der Waals surface area contributed by atoms with Gasteiger partial charge in [-0.15, -0.1) is 0 Å². The molecule has 0 radical (unpaired) electrons. The maximum atomic E-state index is 11.6. The third-order valence-electron chi connectivity index (χ3n) is 2.43. The smallest absolute Gasteiger partial charge is 0.338 e. The maximum absolute atomic E-state index is 11.6. The van der Waals surface area contributed by atoms with E-state index < -0.39 is 0 Å². The van der Waals surface area contributed by atoms with Gasteiger partial charge in [0, 0.05) is 11.8 Å². The Kier molecular flexibility index (Phi) is 4.24. The first kappa shape index (κ1) is 13.5. The third-order valence-corrected chi connectivity index (χ3v) is 2.43. The van der Waals surface area contributed by atoms with Crippen LogP contribution in [0.4, 0.5) is 11.5 Å². The molecule has 2 rings (SSSR count). The molecule has 0 bridgehead atoms. The Labute approximate surface area is 116 Å². The zero-order valence-electron chi connectivity index (χ0n) is 10.8. The number of aromatic nitrogens is 2. The van der Waals surface area contributed by atoms with Gasteiger partial charge >= 0.3 is 5.97 Å². The van der Waals surface area contributed by atoms with Gasteiger partial charge in [0.1, 0.15) is 23.9 Å². The highest BCUT2D eigenvalue weighted by Gasteiger charge is 2.07. The molecule has 2 aromatic rings. The number of carbonyl (C=O) groups is 1. The predicted octanol–water partition coefficient (Wildman–Crippen LogP) is 2.27. The number of nitrogens with one attached hydrogen (secondary N) is 1. The van der Waals surface area contributed by atoms with Gasteiger partial charge in [-0.3, -0.25) is 0 Å². The van der Waals surface area contributed by atoms with Gasteiger partial charge in [0.25, 0.3) is 0 Å². The van der Waals surface area contributed by atoms with Crippen LogP contribution in [-0.4, -0.2) is 22.5 Å². The van der Waals surface area contributed by atoms with Crippen LogP contribution in [0, 0.1) is 11.3 Å². The first-order chi connectivity index (χ1) is 9.72. The van der Waals surface area contributed by atoms with E-state index in [4.69, 9.17) is 10.00 Å². The van der Waals surface area contributed by atoms with Crippen molar-refractivity contribution in [2.24, 2.45) is 0 Å². The molecule has 0 aliphatic carbocycles. The molecule has 0 saturated heterocycles. The van der Waals surface area contributed by atoms with Gasteiger partial charge < -0.3 is 10.1 Å². The van der Waals surface area contributed by atoms with Crippen molar-refractivity contribution >= 4 is 17.5 Å². The number of nitriles is 1. The average molecular weight is 268 g/mol. The van der Waals surface area contributed by atoms with Gasteiger partial charge in [0.15, 0.2) is 0 Å². The van der Waals surface area contributed by atoms with E-state index in [9.17, 15) is 4.79 Å². The fourth-order valence-corrected chi connectivity index (χ4v) is 1.57. The maximum Gasteiger partial charge on any atom is 0.338 e. The summed E-state index contributed by atoms with van der Waals surface area (Å²) in [7, 11) is 0. The van der Waals surface area contributed by atoms with Crippen LogP contribution in [0.25, 0.3) is 0 Å². The molecule has 6 heteroatoms. The highest BCUT2D eigenvalue weighted by atomic mass is 16.5. The number of hydrogen-bond donors (Lipinski definition) is 1. The van der Waals surface area contributed by atoms with Crippen LogP contribution in [0.15, 0.2) is 36.7 Å². The van der Waals surface area contributed by atoms with Gasteiger partial charge in [-0.25, -0.2) is 14.8 Å². The van der Waals surface area contributed by atoms with Crippen molar-refractivity contribution in [3.8, 4) is 6.07 Å². The molecule has 20 heavy (non-hydrogen) atoms. The molecular formula is C14H12N4O2. The van der Waals surface area contributed by atoms with Gasteiger partial charge in [-0.2, -0.15) is 5.26 Å². The summed E-state index contributed by atoms with van der Waals surface area (Å²) in [5.41, 5.74) is 1.40. The lowest BCUT2D eigenvalue weighted by Crippen LogP contribution is -2.05. The van der Waals surface area contributed by atoms with Crippen molar-refractivity contribution in [3.63, 3.8) is 0 Å². The Morgan fingerprint density at radius 2 is 2.25 bits per heavy atom. The molecule has 0 saturated carbocycles. The summed E-state index contributed by atoms with van der Waals surface area (Å²) in [5.74, 6) is 0.106. The summed E-state index contributed by atoms with van der Waals surface area (Å²) >= 11 is 0. The third kappa shape index (κ3) is 3.29. The Hall–Kier alpha value is -2.94. The Balaban J connectivity index is 2.19. The van der Waals surface area contributed by atoms with Gasteiger partial charge in [-0.05, 0) is 25.1 Å². The highest BCUT2D eigenvalue weighted by Crippen LogP contribution is 2.16. The second kappa shape index (κ2) is 6.29. The number of rotatable bonds is 4. The van der Waals surface area contributed by atoms with Gasteiger partial charge in [-0.1, -0.05) is 6.07 Å². The fraction of sp³-hybridized carbons (Fsp3) is 0.143. The molecule has 1 N–H and O–H groups in total. The minimum Gasteiger partial charge on any atom is -0.462 e. The lowest BCUT2D eigenvalue weighted by Gasteiger charge is -2.07. The molecule has 0 unspecified atom stereocenters. The number of anilines is 2. The number of benzene rings is 1. The van der Waals surface area contributed by atoms with Crippen LogP contribution in [0.5, 0.6) is 0 Å². The molecule has 1 heterocycles. The number of nitrogens with zero attached hydrogens (tertiary/aromatic N) is 3. The summed E-state index contributed by atoms with van der Waals surface area (Å²) in [4.78, 5) is 19.4. The molecule has 1 aromatic heterocycles. The number of esters is 1. The van der Waals surface area contributed by atoms with Gasteiger partial charge in [0.2, 0.25) is 0 Å². The average Bonchev–Trinajstić information content (AvgIpc) is 2.48.